The molecule has 0 atom stereocenters. The van der Waals surface area contributed by atoms with Crippen LogP contribution in [0, 0.1) is 5.41 Å². The van der Waals surface area contributed by atoms with Crippen molar-refractivity contribution < 1.29 is 4.79 Å². The number of rotatable bonds is 5. The number of anilines is 1. The normalized spacial score (nSPS) is 10.3. The summed E-state index contributed by atoms with van der Waals surface area (Å²) in [7, 11) is 0. The van der Waals surface area contributed by atoms with E-state index in [0.717, 1.165) is 5.69 Å². The molecule has 2 aromatic rings. The van der Waals surface area contributed by atoms with Crippen molar-refractivity contribution in [2.75, 3.05) is 5.32 Å². The molecule has 0 aliphatic carbocycles. The van der Waals surface area contributed by atoms with E-state index in [4.69, 9.17) is 5.41 Å². The number of amides is 1. The molecule has 0 bridgehead atoms. The van der Waals surface area contributed by atoms with E-state index in [1.165, 1.54) is 18.5 Å². The van der Waals surface area contributed by atoms with Gasteiger partial charge in [0.15, 0.2) is 0 Å². The van der Waals surface area contributed by atoms with Crippen LogP contribution in [0.5, 0.6) is 0 Å². The Morgan fingerprint density at radius 2 is 2.05 bits per heavy atom. The Kier molecular flexibility index (Phi) is 5.17. The Balaban J connectivity index is 1.77. The number of amidine groups is 1. The minimum atomic E-state index is -0.301. The van der Waals surface area contributed by atoms with E-state index >= 15 is 0 Å². The molecule has 0 radical (unpaired) electrons. The summed E-state index contributed by atoms with van der Waals surface area (Å²) in [5.41, 5.74) is 1.47. The number of nitrogens with zero attached hydrogens (tertiary/aromatic N) is 2. The van der Waals surface area contributed by atoms with Crippen molar-refractivity contribution in [1.29, 1.82) is 5.41 Å². The summed E-state index contributed by atoms with van der Waals surface area (Å²) in [6.45, 7) is 0. The fraction of sp³-hybridized carbons (Fsp3) is 0.0667. The van der Waals surface area contributed by atoms with Crippen LogP contribution in [0.1, 0.15) is 5.69 Å². The third-order valence-corrected chi connectivity index (χ3v) is 2.51. The maximum Gasteiger partial charge on any atom is 0.231 e. The topological polar surface area (TPSA) is 90.8 Å². The van der Waals surface area contributed by atoms with Crippen LogP contribution in [0.3, 0.4) is 0 Å². The van der Waals surface area contributed by atoms with Crippen LogP contribution in [-0.4, -0.2) is 21.7 Å². The van der Waals surface area contributed by atoms with Gasteiger partial charge in [-0.25, -0.2) is 0 Å². The smallest absolute Gasteiger partial charge is 0.231 e. The summed E-state index contributed by atoms with van der Waals surface area (Å²) >= 11 is 0. The van der Waals surface area contributed by atoms with Crippen LogP contribution in [0.25, 0.3) is 0 Å². The largest absolute Gasteiger partial charge is 0.362 e. The molecule has 1 amide bonds. The monoisotopic (exact) mass is 281 g/mol. The van der Waals surface area contributed by atoms with Crippen LogP contribution < -0.4 is 10.6 Å². The molecule has 1 heterocycles. The van der Waals surface area contributed by atoms with Gasteiger partial charge in [-0.05, 0) is 18.2 Å². The van der Waals surface area contributed by atoms with E-state index in [9.17, 15) is 4.79 Å². The Morgan fingerprint density at radius 1 is 1.24 bits per heavy atom. The summed E-state index contributed by atoms with van der Waals surface area (Å²) in [5.74, 6) is -0.294. The second kappa shape index (κ2) is 7.54. The predicted molar refractivity (Wildman–Crippen MR) is 80.8 cm³/mol. The first-order valence-corrected chi connectivity index (χ1v) is 6.35. The summed E-state index contributed by atoms with van der Waals surface area (Å²) < 4.78 is 0. The Labute approximate surface area is 122 Å². The number of nitrogens with one attached hydrogen (secondary N) is 3. The number of carbonyl (C=O) groups is 1. The minimum Gasteiger partial charge on any atom is -0.362 e. The van der Waals surface area contributed by atoms with Gasteiger partial charge in [0.2, 0.25) is 5.91 Å². The van der Waals surface area contributed by atoms with E-state index in [2.05, 4.69) is 20.6 Å². The second-order valence-electron chi connectivity index (χ2n) is 4.18. The Bertz CT molecular complexity index is 625. The standard InChI is InChI=1S/C15H15N5O/c16-14(6-7-18-12-4-2-1-3-5-12)20-15(21)10-13-11-17-8-9-19-13/h1-9,11,18H,10H2,(H2,16,20,21)/b7-6-. The molecule has 0 aliphatic rings. The molecule has 106 valence electrons. The molecular formula is C15H15N5O. The Morgan fingerprint density at radius 3 is 2.76 bits per heavy atom. The highest BCUT2D eigenvalue weighted by molar-refractivity contribution is 6.03. The summed E-state index contributed by atoms with van der Waals surface area (Å²) in [4.78, 5) is 19.6. The van der Waals surface area contributed by atoms with Gasteiger partial charge < -0.3 is 10.6 Å². The highest BCUT2D eigenvalue weighted by atomic mass is 16.1. The number of benzene rings is 1. The lowest BCUT2D eigenvalue weighted by atomic mass is 10.3. The molecule has 3 N–H and O–H groups in total. The minimum absolute atomic E-state index is 0.00678. The molecule has 0 spiro atoms. The first-order valence-electron chi connectivity index (χ1n) is 6.35. The number of hydrogen-bond acceptors (Lipinski definition) is 5. The molecule has 0 saturated carbocycles. The van der Waals surface area contributed by atoms with Gasteiger partial charge in [0.1, 0.15) is 5.84 Å². The van der Waals surface area contributed by atoms with E-state index in [-0.39, 0.29) is 18.2 Å². The van der Waals surface area contributed by atoms with Gasteiger partial charge in [-0.1, -0.05) is 18.2 Å². The van der Waals surface area contributed by atoms with Gasteiger partial charge >= 0.3 is 0 Å². The van der Waals surface area contributed by atoms with Crippen LogP contribution in [0.4, 0.5) is 5.69 Å². The van der Waals surface area contributed by atoms with Gasteiger partial charge in [0, 0.05) is 30.5 Å². The van der Waals surface area contributed by atoms with Crippen LogP contribution in [0.15, 0.2) is 61.2 Å². The summed E-state index contributed by atoms with van der Waals surface area (Å²) in [6.07, 6.45) is 7.76. The highest BCUT2D eigenvalue weighted by Gasteiger charge is 2.05. The molecular weight excluding hydrogens is 266 g/mol. The third-order valence-electron chi connectivity index (χ3n) is 2.51. The van der Waals surface area contributed by atoms with Crippen LogP contribution in [-0.2, 0) is 11.2 Å². The average molecular weight is 281 g/mol. The van der Waals surface area contributed by atoms with E-state index in [1.807, 2.05) is 30.3 Å². The van der Waals surface area contributed by atoms with Crippen molar-refractivity contribution in [2.24, 2.45) is 0 Å². The van der Waals surface area contributed by atoms with Crippen molar-refractivity contribution in [3.8, 4) is 0 Å². The van der Waals surface area contributed by atoms with E-state index in [0.29, 0.717) is 5.69 Å². The third kappa shape index (κ3) is 5.23. The molecule has 2 rings (SSSR count). The first kappa shape index (κ1) is 14.4. The lowest BCUT2D eigenvalue weighted by molar-refractivity contribution is -0.119. The van der Waals surface area contributed by atoms with E-state index < -0.39 is 0 Å². The summed E-state index contributed by atoms with van der Waals surface area (Å²) in [6, 6.07) is 9.54. The molecule has 1 aromatic carbocycles. The zero-order valence-corrected chi connectivity index (χ0v) is 11.3. The molecule has 6 nitrogen and oxygen atoms in total. The molecule has 0 aliphatic heterocycles. The average Bonchev–Trinajstić information content (AvgIpc) is 2.49. The van der Waals surface area contributed by atoms with Crippen molar-refractivity contribution in [2.45, 2.75) is 6.42 Å². The zero-order chi connectivity index (χ0) is 14.9. The van der Waals surface area contributed by atoms with Gasteiger partial charge in [-0.2, -0.15) is 0 Å². The fourth-order valence-electron chi connectivity index (χ4n) is 1.58. The molecule has 0 saturated heterocycles. The maximum atomic E-state index is 11.7. The summed E-state index contributed by atoms with van der Waals surface area (Å²) in [5, 5.41) is 13.1. The quantitative estimate of drug-likeness (QED) is 0.575. The number of carbonyl (C=O) groups excluding carboxylic acids is 1. The van der Waals surface area contributed by atoms with Crippen molar-refractivity contribution in [3.05, 3.63) is 66.9 Å². The number of para-hydroxylation sites is 1. The lowest BCUT2D eigenvalue weighted by Crippen LogP contribution is -2.30. The highest BCUT2D eigenvalue weighted by Crippen LogP contribution is 2.04. The fourth-order valence-corrected chi connectivity index (χ4v) is 1.58. The van der Waals surface area contributed by atoms with Gasteiger partial charge in [0.25, 0.3) is 0 Å². The number of hydrogen-bond donors (Lipinski definition) is 3. The molecule has 21 heavy (non-hydrogen) atoms. The lowest BCUT2D eigenvalue weighted by Gasteiger charge is -2.03. The van der Waals surface area contributed by atoms with E-state index in [1.54, 1.807) is 12.4 Å². The van der Waals surface area contributed by atoms with Gasteiger partial charge in [-0.3, -0.25) is 20.2 Å². The van der Waals surface area contributed by atoms with Crippen LogP contribution >= 0.6 is 0 Å². The second-order valence-corrected chi connectivity index (χ2v) is 4.18. The van der Waals surface area contributed by atoms with Crippen LogP contribution in [0.2, 0.25) is 0 Å². The van der Waals surface area contributed by atoms with Crippen molar-refractivity contribution >= 4 is 17.4 Å². The maximum absolute atomic E-state index is 11.7. The van der Waals surface area contributed by atoms with Gasteiger partial charge in [-0.15, -0.1) is 0 Å². The molecule has 6 heteroatoms. The molecule has 0 unspecified atom stereocenters. The molecule has 0 fully saturated rings. The first-order chi connectivity index (χ1) is 10.2. The Hall–Kier alpha value is -3.02. The molecule has 1 aromatic heterocycles. The van der Waals surface area contributed by atoms with Crippen molar-refractivity contribution in [1.82, 2.24) is 15.3 Å². The number of aromatic nitrogens is 2. The zero-order valence-electron chi connectivity index (χ0n) is 11.3. The van der Waals surface area contributed by atoms with Crippen molar-refractivity contribution in [3.63, 3.8) is 0 Å². The predicted octanol–water partition coefficient (Wildman–Crippen LogP) is 1.74. The SMILES string of the molecule is N=C(/C=C\Nc1ccccc1)NC(=O)Cc1cnccn1. The van der Waals surface area contributed by atoms with Gasteiger partial charge in [0.05, 0.1) is 12.1 Å².